The minimum absolute atomic E-state index is 0.0286. The van der Waals surface area contributed by atoms with Crippen LogP contribution in [0.15, 0.2) is 170 Å². The van der Waals surface area contributed by atoms with Crippen molar-refractivity contribution in [2.45, 2.75) is 184 Å². The zero-order chi connectivity index (χ0) is 93.4. The Morgan fingerprint density at radius 1 is 0.351 bits per heavy atom. The Hall–Kier alpha value is -12.5. The second-order valence-corrected chi connectivity index (χ2v) is 41.0. The maximum Gasteiger partial charge on any atom is 0.272 e. The second kappa shape index (κ2) is 40.5. The van der Waals surface area contributed by atoms with Crippen molar-refractivity contribution >= 4 is 106 Å². The smallest absolute Gasteiger partial charge is 0.272 e. The largest absolute Gasteiger partial charge is 0.488 e. The van der Waals surface area contributed by atoms with E-state index in [1.165, 1.54) is 0 Å². The highest BCUT2D eigenvalue weighted by Crippen LogP contribution is 2.49. The first-order valence-electron chi connectivity index (χ1n) is 43.2. The Morgan fingerprint density at radius 3 is 0.817 bits per heavy atom. The molecule has 5 saturated carbocycles. The number of fused-ring (bicyclic) bond motifs is 4. The highest BCUT2D eigenvalue weighted by molar-refractivity contribution is 7.94. The molecular formula is C95H96F8N12O12S4. The van der Waals surface area contributed by atoms with Crippen LogP contribution in [0.2, 0.25) is 0 Å². The van der Waals surface area contributed by atoms with E-state index in [2.05, 4.69) is 61.4 Å². The van der Waals surface area contributed by atoms with Crippen molar-refractivity contribution in [1.82, 2.24) is 18.3 Å². The molecule has 0 radical (unpaired) electrons. The second-order valence-electron chi connectivity index (χ2n) is 33.0. The quantitative estimate of drug-likeness (QED) is 0.0278. The third-order valence-electron chi connectivity index (χ3n) is 23.8. The minimum Gasteiger partial charge on any atom is -0.488 e. The standard InChI is InChI=1S/C24H23F2N3O3S.2C24H25F2N3O3S.C23H23F2N3O3S/c25-23(26)14-32-18-8-11-20-21(13-27)24(29(22(20)12-18)17-2-1-3-17)15-4-6-16(7-5-15)28-33(30,31)19-9-10-19;1-15(2)33(30,31)28-17-8-6-16(7-9-17)24-21(13-27)20-11-10-19(32-14-23(25)26)12-22(20)29(24)18-4-3-5-18;1-2-12-33(30,31)28-17-8-6-16(7-9-17)24-21(14-27)20-11-10-19(32-15-23(25)26)13-22(20)29(24)18-4-3-5-18;1-2-32(29,30)27-16-8-6-15(7-9-16)23-20(13-26)19-11-10-18(31-14-22(24)25)12-21(19)28(23)17-4-3-5-17/h4-8,11-12,17,19,23,28H,1-3,9-10,14H2;6-12,15,18,23,28H,3-5,14H2,1-2H3;6-11,13,18,23,28H,2-5,12,15H2,1H3;6-12,17,22,27H,2-5,14H2,1H3. The lowest BCUT2D eigenvalue weighted by molar-refractivity contribution is 0.0817. The first kappa shape index (κ1) is 94.6. The number of nitriles is 4. The van der Waals surface area contributed by atoms with Gasteiger partial charge in [0.05, 0.1) is 89.1 Å². The van der Waals surface area contributed by atoms with Crippen molar-refractivity contribution in [3.8, 4) is 92.3 Å². The van der Waals surface area contributed by atoms with Gasteiger partial charge in [-0.05, 0) is 236 Å². The molecule has 0 aliphatic heterocycles. The lowest BCUT2D eigenvalue weighted by atomic mass is 9.92. The molecule has 0 amide bonds. The lowest BCUT2D eigenvalue weighted by Gasteiger charge is -2.30. The van der Waals surface area contributed by atoms with Gasteiger partial charge < -0.3 is 37.2 Å². The van der Waals surface area contributed by atoms with E-state index in [0.29, 0.717) is 87.3 Å². The number of nitrogens with one attached hydrogen (secondary N) is 4. The maximum atomic E-state index is 12.6. The summed E-state index contributed by atoms with van der Waals surface area (Å²) < 4.78 is 237. The summed E-state index contributed by atoms with van der Waals surface area (Å²) in [4.78, 5) is 0. The molecule has 17 rings (SSSR count). The SMILES string of the molecule is CC(C)S(=O)(=O)Nc1ccc(-c2c(C#N)c3ccc(OCC(F)F)cc3n2C2CCC2)cc1.CCCS(=O)(=O)Nc1ccc(-c2c(C#N)c3ccc(OCC(F)F)cc3n2C2CCC2)cc1.CCS(=O)(=O)Nc1ccc(-c2c(C#N)c3ccc(OCC(F)F)cc3n2C2CCC2)cc1.N#Cc1c(-c2ccc(NS(=O)(=O)C3CC3)cc2)n(C2CCC2)c2cc(OCC(F)F)ccc12. The van der Waals surface area contributed by atoms with Crippen molar-refractivity contribution in [3.05, 3.63) is 192 Å². The predicted octanol–water partition coefficient (Wildman–Crippen LogP) is 22.2. The molecule has 4 aromatic heterocycles. The van der Waals surface area contributed by atoms with Gasteiger partial charge in [-0.15, -0.1) is 0 Å². The zero-order valence-electron chi connectivity index (χ0n) is 71.9. The number of halogens is 8. The molecule has 688 valence electrons. The van der Waals surface area contributed by atoms with Gasteiger partial charge in [-0.2, -0.15) is 21.0 Å². The number of aromatic nitrogens is 4. The fourth-order valence-electron chi connectivity index (χ4n) is 16.3. The Labute approximate surface area is 754 Å². The van der Waals surface area contributed by atoms with Crippen LogP contribution in [0.4, 0.5) is 57.9 Å². The third kappa shape index (κ3) is 21.6. The summed E-state index contributed by atoms with van der Waals surface area (Å²) in [6, 6.07) is 58.0. The maximum absolute atomic E-state index is 12.6. The average molecular weight is 1880 g/mol. The molecule has 0 saturated heterocycles. The summed E-state index contributed by atoms with van der Waals surface area (Å²) >= 11 is 0. The van der Waals surface area contributed by atoms with Crippen LogP contribution in [0, 0.1) is 45.3 Å². The first-order valence-corrected chi connectivity index (χ1v) is 49.6. The number of alkyl halides is 8. The number of benzene rings is 8. The summed E-state index contributed by atoms with van der Waals surface area (Å²) in [5.74, 6) is 1.34. The van der Waals surface area contributed by atoms with Crippen LogP contribution in [0.3, 0.4) is 0 Å². The van der Waals surface area contributed by atoms with Gasteiger partial charge in [-0.1, -0.05) is 55.5 Å². The highest BCUT2D eigenvalue weighted by Gasteiger charge is 2.37. The van der Waals surface area contributed by atoms with Gasteiger partial charge in [0.2, 0.25) is 40.1 Å². The van der Waals surface area contributed by atoms with Gasteiger partial charge in [0.1, 0.15) is 73.7 Å². The lowest BCUT2D eigenvalue weighted by Crippen LogP contribution is -2.22. The fraction of sp³-hybridized carbons (Fsp3) is 0.368. The fourth-order valence-corrected chi connectivity index (χ4v) is 20.1. The molecule has 5 aliphatic carbocycles. The van der Waals surface area contributed by atoms with Crippen molar-refractivity contribution in [1.29, 1.82) is 21.0 Å². The molecule has 36 heteroatoms. The molecule has 0 spiro atoms. The Morgan fingerprint density at radius 2 is 0.603 bits per heavy atom. The number of anilines is 4. The third-order valence-corrected chi connectivity index (χ3v) is 30.2. The van der Waals surface area contributed by atoms with E-state index in [1.54, 1.807) is 185 Å². The zero-order valence-corrected chi connectivity index (χ0v) is 75.2. The molecular weight excluding hydrogens is 1780 g/mol. The molecule has 0 unspecified atom stereocenters. The van der Waals surface area contributed by atoms with Crippen molar-refractivity contribution in [2.75, 3.05) is 56.8 Å². The van der Waals surface area contributed by atoms with E-state index in [9.17, 15) is 89.8 Å². The van der Waals surface area contributed by atoms with E-state index in [-0.39, 0.29) is 40.9 Å². The number of hydrogen-bond acceptors (Lipinski definition) is 16. The van der Waals surface area contributed by atoms with Crippen molar-refractivity contribution < 1.29 is 87.7 Å². The van der Waals surface area contributed by atoms with Crippen LogP contribution in [-0.4, -0.2) is 126 Å². The average Bonchev–Trinajstić information content (AvgIpc) is 1.60. The van der Waals surface area contributed by atoms with Crippen LogP contribution in [0.1, 0.15) is 170 Å². The predicted molar refractivity (Wildman–Crippen MR) is 490 cm³/mol. The van der Waals surface area contributed by atoms with Gasteiger partial charge in [0.15, 0.2) is 0 Å². The van der Waals surface area contributed by atoms with Gasteiger partial charge in [-0.25, -0.2) is 68.8 Å². The van der Waals surface area contributed by atoms with Crippen LogP contribution in [0.25, 0.3) is 88.6 Å². The summed E-state index contributed by atoms with van der Waals surface area (Å²) in [5.41, 5.74) is 13.0. The van der Waals surface area contributed by atoms with E-state index in [0.717, 1.165) is 166 Å². The number of nitrogens with zero attached hydrogens (tertiary/aromatic N) is 8. The molecule has 4 heterocycles. The molecule has 131 heavy (non-hydrogen) atoms. The monoisotopic (exact) mass is 1880 g/mol. The summed E-state index contributed by atoms with van der Waals surface area (Å²) in [5, 5.41) is 42.0. The molecule has 5 aliphatic rings. The normalized spacial score (nSPS) is 14.9. The van der Waals surface area contributed by atoms with Crippen molar-refractivity contribution in [2.24, 2.45) is 0 Å². The number of hydrogen-bond donors (Lipinski definition) is 4. The van der Waals surface area contributed by atoms with Crippen LogP contribution in [-0.2, 0) is 40.1 Å². The first-order chi connectivity index (χ1) is 62.7. The molecule has 5 fully saturated rings. The van der Waals surface area contributed by atoms with Crippen molar-refractivity contribution in [3.63, 3.8) is 0 Å². The highest BCUT2D eigenvalue weighted by atomic mass is 32.2. The van der Waals surface area contributed by atoms with Crippen LogP contribution in [0.5, 0.6) is 23.0 Å². The van der Waals surface area contributed by atoms with Crippen LogP contribution < -0.4 is 37.8 Å². The Bertz CT molecular complexity index is 6650. The molecule has 0 bridgehead atoms. The van der Waals surface area contributed by atoms with E-state index >= 15 is 0 Å². The summed E-state index contributed by atoms with van der Waals surface area (Å²) in [7, 11) is -13.6. The van der Waals surface area contributed by atoms with E-state index in [4.69, 9.17) is 18.9 Å². The summed E-state index contributed by atoms with van der Waals surface area (Å²) in [6.07, 6.45) is 3.56. The Balaban J connectivity index is 0.000000141. The van der Waals surface area contributed by atoms with E-state index < -0.39 is 97.5 Å². The molecule has 12 aromatic rings. The number of ether oxygens (including phenoxy) is 4. The van der Waals surface area contributed by atoms with Gasteiger partial charge >= 0.3 is 0 Å². The molecule has 8 aromatic carbocycles. The summed E-state index contributed by atoms with van der Waals surface area (Å²) in [6.45, 7) is 3.80. The molecule has 24 nitrogen and oxygen atoms in total. The number of sulfonamides is 4. The van der Waals surface area contributed by atoms with Gasteiger partial charge in [0.25, 0.3) is 25.7 Å². The van der Waals surface area contributed by atoms with E-state index in [1.807, 2.05) is 12.1 Å². The number of rotatable bonds is 33. The molecule has 0 atom stereocenters. The van der Waals surface area contributed by atoms with Crippen LogP contribution >= 0.6 is 0 Å². The van der Waals surface area contributed by atoms with Gasteiger partial charge in [-0.3, -0.25) is 18.9 Å². The minimum atomic E-state index is -3.47. The molecule has 4 N–H and O–H groups in total. The Kier molecular flexibility index (Phi) is 29.2. The van der Waals surface area contributed by atoms with Gasteiger partial charge in [0, 0.05) is 92.7 Å². The topological polar surface area (TPSA) is 336 Å².